The summed E-state index contributed by atoms with van der Waals surface area (Å²) in [6, 6.07) is 17.2. The van der Waals surface area contributed by atoms with Crippen LogP contribution >= 0.6 is 0 Å². The number of ether oxygens (including phenoxy) is 1. The summed E-state index contributed by atoms with van der Waals surface area (Å²) in [7, 11) is 2.03. The molecule has 2 aromatic rings. The monoisotopic (exact) mass is 253 g/mol. The lowest BCUT2D eigenvalue weighted by Gasteiger charge is -2.13. The maximum Gasteiger partial charge on any atom is 0.123 e. The molecule has 0 bridgehead atoms. The van der Waals surface area contributed by atoms with Gasteiger partial charge in [0.25, 0.3) is 0 Å². The van der Waals surface area contributed by atoms with Crippen LogP contribution in [0.1, 0.15) is 29.2 Å². The number of rotatable bonds is 4. The average Bonchev–Trinajstić information content (AvgIpc) is 2.90. The molecule has 1 N–H and O–H groups in total. The van der Waals surface area contributed by atoms with Gasteiger partial charge < -0.3 is 10.1 Å². The fourth-order valence-electron chi connectivity index (χ4n) is 2.79. The normalized spacial score (nSPS) is 17.2. The van der Waals surface area contributed by atoms with Crippen molar-refractivity contribution >= 4 is 0 Å². The van der Waals surface area contributed by atoms with Crippen molar-refractivity contribution in [2.24, 2.45) is 0 Å². The summed E-state index contributed by atoms with van der Waals surface area (Å²) in [5.41, 5.74) is 3.98. The maximum atomic E-state index is 6.00. The Morgan fingerprint density at radius 3 is 2.74 bits per heavy atom. The first-order chi connectivity index (χ1) is 9.38. The molecule has 0 heterocycles. The molecular weight excluding hydrogens is 234 g/mol. The predicted octanol–water partition coefficient (Wildman–Crippen LogP) is 3.47. The minimum atomic E-state index is 0.482. The van der Waals surface area contributed by atoms with E-state index < -0.39 is 0 Å². The van der Waals surface area contributed by atoms with Crippen LogP contribution in [0.4, 0.5) is 0 Å². The van der Waals surface area contributed by atoms with Crippen LogP contribution < -0.4 is 10.1 Å². The van der Waals surface area contributed by atoms with Crippen LogP contribution in [0, 0.1) is 0 Å². The molecule has 19 heavy (non-hydrogen) atoms. The Kier molecular flexibility index (Phi) is 3.51. The molecule has 0 amide bonds. The molecule has 1 unspecified atom stereocenters. The third kappa shape index (κ3) is 2.49. The average molecular weight is 253 g/mol. The van der Waals surface area contributed by atoms with Gasteiger partial charge in [0.15, 0.2) is 0 Å². The largest absolute Gasteiger partial charge is 0.489 e. The molecule has 0 saturated carbocycles. The van der Waals surface area contributed by atoms with Gasteiger partial charge in [-0.1, -0.05) is 42.5 Å². The van der Waals surface area contributed by atoms with Crippen molar-refractivity contribution in [3.05, 3.63) is 65.2 Å². The molecule has 3 rings (SSSR count). The standard InChI is InChI=1S/C17H19NO/c1-18-16-11-10-15-14(16)8-5-9-17(15)19-12-13-6-3-2-4-7-13/h2-9,16,18H,10-12H2,1H3. The van der Waals surface area contributed by atoms with Crippen LogP contribution in [0.15, 0.2) is 48.5 Å². The number of hydrogen-bond donors (Lipinski definition) is 1. The molecule has 0 aromatic heterocycles. The van der Waals surface area contributed by atoms with Gasteiger partial charge in [-0.05, 0) is 42.6 Å². The molecule has 0 aliphatic heterocycles. The quantitative estimate of drug-likeness (QED) is 0.900. The van der Waals surface area contributed by atoms with E-state index in [-0.39, 0.29) is 0 Å². The zero-order chi connectivity index (χ0) is 13.1. The minimum Gasteiger partial charge on any atom is -0.489 e. The Morgan fingerprint density at radius 1 is 1.11 bits per heavy atom. The zero-order valence-corrected chi connectivity index (χ0v) is 11.2. The Bertz CT molecular complexity index is 550. The number of fused-ring (bicyclic) bond motifs is 1. The third-order valence-corrected chi connectivity index (χ3v) is 3.81. The second-order valence-corrected chi connectivity index (χ2v) is 4.98. The highest BCUT2D eigenvalue weighted by Crippen LogP contribution is 2.36. The lowest BCUT2D eigenvalue weighted by molar-refractivity contribution is 0.303. The highest BCUT2D eigenvalue weighted by molar-refractivity contribution is 5.45. The minimum absolute atomic E-state index is 0.482. The van der Waals surface area contributed by atoms with Crippen molar-refractivity contribution in [2.75, 3.05) is 7.05 Å². The van der Waals surface area contributed by atoms with Crippen molar-refractivity contribution in [2.45, 2.75) is 25.5 Å². The molecule has 98 valence electrons. The first kappa shape index (κ1) is 12.2. The van der Waals surface area contributed by atoms with Crippen LogP contribution in [0.25, 0.3) is 0 Å². The van der Waals surface area contributed by atoms with Crippen molar-refractivity contribution < 1.29 is 4.74 Å². The summed E-state index contributed by atoms with van der Waals surface area (Å²) < 4.78 is 6.00. The van der Waals surface area contributed by atoms with E-state index in [1.165, 1.54) is 16.7 Å². The molecule has 1 aliphatic rings. The highest BCUT2D eigenvalue weighted by atomic mass is 16.5. The summed E-state index contributed by atoms with van der Waals surface area (Å²) in [6.45, 7) is 0.640. The molecule has 2 heteroatoms. The van der Waals surface area contributed by atoms with Crippen LogP contribution in [0.5, 0.6) is 5.75 Å². The molecule has 1 atom stereocenters. The molecule has 0 spiro atoms. The summed E-state index contributed by atoms with van der Waals surface area (Å²) in [4.78, 5) is 0. The summed E-state index contributed by atoms with van der Waals surface area (Å²) in [6.07, 6.45) is 2.27. The number of benzene rings is 2. The molecule has 0 radical (unpaired) electrons. The molecule has 0 fully saturated rings. The van der Waals surface area contributed by atoms with Gasteiger partial charge in [-0.2, -0.15) is 0 Å². The molecule has 2 nitrogen and oxygen atoms in total. The topological polar surface area (TPSA) is 21.3 Å². The second kappa shape index (κ2) is 5.45. The van der Waals surface area contributed by atoms with E-state index in [0.717, 1.165) is 18.6 Å². The zero-order valence-electron chi connectivity index (χ0n) is 11.2. The maximum absolute atomic E-state index is 6.00. The van der Waals surface area contributed by atoms with Gasteiger partial charge >= 0.3 is 0 Å². The van der Waals surface area contributed by atoms with Gasteiger partial charge in [0, 0.05) is 6.04 Å². The Hall–Kier alpha value is -1.80. The summed E-state index contributed by atoms with van der Waals surface area (Å²) >= 11 is 0. The second-order valence-electron chi connectivity index (χ2n) is 4.98. The Labute approximate surface area is 114 Å². The van der Waals surface area contributed by atoms with Crippen LogP contribution in [-0.4, -0.2) is 7.05 Å². The summed E-state index contributed by atoms with van der Waals surface area (Å²) in [5, 5.41) is 3.37. The van der Waals surface area contributed by atoms with E-state index in [4.69, 9.17) is 4.74 Å². The number of nitrogens with one attached hydrogen (secondary N) is 1. The fraction of sp³-hybridized carbons (Fsp3) is 0.294. The smallest absolute Gasteiger partial charge is 0.123 e. The van der Waals surface area contributed by atoms with Crippen molar-refractivity contribution in [3.8, 4) is 5.75 Å². The van der Waals surface area contributed by atoms with Crippen molar-refractivity contribution in [1.82, 2.24) is 5.32 Å². The lowest BCUT2D eigenvalue weighted by atomic mass is 10.1. The molecule has 0 saturated heterocycles. The summed E-state index contributed by atoms with van der Waals surface area (Å²) in [5.74, 6) is 1.04. The highest BCUT2D eigenvalue weighted by Gasteiger charge is 2.23. The Morgan fingerprint density at radius 2 is 1.95 bits per heavy atom. The molecule has 1 aliphatic carbocycles. The van der Waals surface area contributed by atoms with E-state index in [1.54, 1.807) is 0 Å². The van der Waals surface area contributed by atoms with Gasteiger partial charge in [-0.15, -0.1) is 0 Å². The van der Waals surface area contributed by atoms with E-state index in [2.05, 4.69) is 35.6 Å². The van der Waals surface area contributed by atoms with Crippen molar-refractivity contribution in [3.63, 3.8) is 0 Å². The fourth-order valence-corrected chi connectivity index (χ4v) is 2.79. The third-order valence-electron chi connectivity index (χ3n) is 3.81. The van der Waals surface area contributed by atoms with Gasteiger partial charge in [-0.25, -0.2) is 0 Å². The van der Waals surface area contributed by atoms with Gasteiger partial charge in [0.1, 0.15) is 12.4 Å². The van der Waals surface area contributed by atoms with Crippen LogP contribution in [0.2, 0.25) is 0 Å². The van der Waals surface area contributed by atoms with Crippen LogP contribution in [0.3, 0.4) is 0 Å². The lowest BCUT2D eigenvalue weighted by Crippen LogP contribution is -2.12. The van der Waals surface area contributed by atoms with E-state index in [1.807, 2.05) is 25.2 Å². The number of hydrogen-bond acceptors (Lipinski definition) is 2. The van der Waals surface area contributed by atoms with Gasteiger partial charge in [0.05, 0.1) is 0 Å². The predicted molar refractivity (Wildman–Crippen MR) is 77.3 cm³/mol. The SMILES string of the molecule is CNC1CCc2c(OCc3ccccc3)cccc21. The van der Waals surface area contributed by atoms with E-state index in [9.17, 15) is 0 Å². The van der Waals surface area contributed by atoms with Gasteiger partial charge in [-0.3, -0.25) is 0 Å². The van der Waals surface area contributed by atoms with E-state index >= 15 is 0 Å². The Balaban J connectivity index is 1.78. The van der Waals surface area contributed by atoms with Gasteiger partial charge in [0.2, 0.25) is 0 Å². The molecule has 2 aromatic carbocycles. The molecular formula is C17H19NO. The van der Waals surface area contributed by atoms with E-state index in [0.29, 0.717) is 12.6 Å². The van der Waals surface area contributed by atoms with Crippen molar-refractivity contribution in [1.29, 1.82) is 0 Å². The van der Waals surface area contributed by atoms with Crippen LogP contribution in [-0.2, 0) is 13.0 Å². The first-order valence-corrected chi connectivity index (χ1v) is 6.84. The first-order valence-electron chi connectivity index (χ1n) is 6.84.